The Kier molecular flexibility index (Phi) is 4.50. The van der Waals surface area contributed by atoms with E-state index in [1.165, 1.54) is 41.3 Å². The van der Waals surface area contributed by atoms with E-state index in [-0.39, 0.29) is 22.4 Å². The Morgan fingerprint density at radius 2 is 1.92 bits per heavy atom. The van der Waals surface area contributed by atoms with Crippen molar-refractivity contribution in [3.05, 3.63) is 71.3 Å². The highest BCUT2D eigenvalue weighted by molar-refractivity contribution is 7.92. The third kappa shape index (κ3) is 3.72. The summed E-state index contributed by atoms with van der Waals surface area (Å²) in [4.78, 5) is 4.03. The van der Waals surface area contributed by atoms with E-state index in [4.69, 9.17) is 11.6 Å². The number of aromatic nitrogens is 3. The van der Waals surface area contributed by atoms with Crippen molar-refractivity contribution in [3.8, 4) is 0 Å². The average Bonchev–Trinajstić information content (AvgIpc) is 2.97. The van der Waals surface area contributed by atoms with Crippen LogP contribution in [0.1, 0.15) is 5.56 Å². The fraction of sp³-hybridized carbons (Fsp3) is 0.0667. The highest BCUT2D eigenvalue weighted by Crippen LogP contribution is 2.18. The maximum atomic E-state index is 13.0. The van der Waals surface area contributed by atoms with Crippen LogP contribution in [0.5, 0.6) is 0 Å². The Morgan fingerprint density at radius 1 is 1.17 bits per heavy atom. The van der Waals surface area contributed by atoms with E-state index in [9.17, 15) is 12.8 Å². The second-order valence-corrected chi connectivity index (χ2v) is 7.01. The summed E-state index contributed by atoms with van der Waals surface area (Å²) in [5, 5.41) is 4.30. The lowest BCUT2D eigenvalue weighted by atomic mass is 10.2. The van der Waals surface area contributed by atoms with Gasteiger partial charge in [0.15, 0.2) is 0 Å². The number of halogens is 2. The molecular weight excluding hydrogens is 355 g/mol. The summed E-state index contributed by atoms with van der Waals surface area (Å²) in [5.74, 6) is -0.490. The molecule has 0 saturated heterocycles. The molecule has 0 aliphatic carbocycles. The van der Waals surface area contributed by atoms with Crippen molar-refractivity contribution in [2.24, 2.45) is 0 Å². The summed E-state index contributed by atoms with van der Waals surface area (Å²) in [7, 11) is -3.75. The molecular formula is C15H12ClFN4O2S. The zero-order valence-corrected chi connectivity index (χ0v) is 13.8. The van der Waals surface area contributed by atoms with Crippen LogP contribution >= 0.6 is 11.6 Å². The van der Waals surface area contributed by atoms with Gasteiger partial charge in [0.25, 0.3) is 16.0 Å². The predicted octanol–water partition coefficient (Wildman–Crippen LogP) is 2.92. The Balaban J connectivity index is 1.76. The fourth-order valence-corrected chi connectivity index (χ4v) is 3.21. The lowest BCUT2D eigenvalue weighted by Crippen LogP contribution is -2.14. The standard InChI is InChI=1S/C15H12ClFN4O2S/c16-14-8-12(17)7-6-11(14)9-21-10-18-15(19-21)20-24(22,23)13-4-2-1-3-5-13/h1-8,10H,9H2,(H,19,20). The van der Waals surface area contributed by atoms with Gasteiger partial charge >= 0.3 is 0 Å². The zero-order valence-electron chi connectivity index (χ0n) is 12.2. The lowest BCUT2D eigenvalue weighted by Gasteiger charge is -2.05. The second kappa shape index (κ2) is 6.58. The van der Waals surface area contributed by atoms with Crippen molar-refractivity contribution in [3.63, 3.8) is 0 Å². The molecule has 0 unspecified atom stereocenters. The summed E-state index contributed by atoms with van der Waals surface area (Å²) in [6.07, 6.45) is 1.36. The van der Waals surface area contributed by atoms with Gasteiger partial charge in [-0.2, -0.15) is 4.98 Å². The van der Waals surface area contributed by atoms with Gasteiger partial charge in [-0.05, 0) is 29.8 Å². The monoisotopic (exact) mass is 366 g/mol. The van der Waals surface area contributed by atoms with Gasteiger partial charge in [0.05, 0.1) is 11.4 Å². The molecule has 0 saturated carbocycles. The van der Waals surface area contributed by atoms with Gasteiger partial charge in [-0.3, -0.25) is 0 Å². The Hall–Kier alpha value is -2.45. The lowest BCUT2D eigenvalue weighted by molar-refractivity contribution is 0.600. The molecule has 0 fully saturated rings. The molecule has 0 atom stereocenters. The van der Waals surface area contributed by atoms with Gasteiger partial charge < -0.3 is 0 Å². The molecule has 1 aromatic heterocycles. The van der Waals surface area contributed by atoms with Gasteiger partial charge in [-0.15, -0.1) is 5.10 Å². The van der Waals surface area contributed by atoms with Crippen LogP contribution in [0.4, 0.5) is 10.3 Å². The first kappa shape index (κ1) is 16.4. The van der Waals surface area contributed by atoms with Crippen LogP contribution in [0.25, 0.3) is 0 Å². The van der Waals surface area contributed by atoms with Crippen LogP contribution in [0.2, 0.25) is 5.02 Å². The summed E-state index contributed by atoms with van der Waals surface area (Å²) in [6.45, 7) is 0.235. The second-order valence-electron chi connectivity index (χ2n) is 4.92. The molecule has 3 aromatic rings. The third-order valence-electron chi connectivity index (χ3n) is 3.16. The molecule has 3 rings (SSSR count). The molecule has 0 aliphatic heterocycles. The molecule has 0 bridgehead atoms. The maximum absolute atomic E-state index is 13.0. The average molecular weight is 367 g/mol. The van der Waals surface area contributed by atoms with Crippen molar-refractivity contribution in [1.29, 1.82) is 0 Å². The smallest absolute Gasteiger partial charge is 0.246 e. The number of nitrogens with zero attached hydrogens (tertiary/aromatic N) is 3. The number of benzene rings is 2. The van der Waals surface area contributed by atoms with E-state index >= 15 is 0 Å². The molecule has 0 spiro atoms. The number of hydrogen-bond donors (Lipinski definition) is 1. The summed E-state index contributed by atoms with van der Waals surface area (Å²) in [6, 6.07) is 11.9. The van der Waals surface area contributed by atoms with Crippen LogP contribution in [0.3, 0.4) is 0 Å². The Bertz CT molecular complexity index is 961. The summed E-state index contributed by atoms with van der Waals surface area (Å²) >= 11 is 5.96. The fourth-order valence-electron chi connectivity index (χ4n) is 2.02. The molecule has 0 amide bonds. The van der Waals surface area contributed by atoms with Crippen molar-refractivity contribution in [2.75, 3.05) is 4.72 Å². The topological polar surface area (TPSA) is 76.9 Å². The first-order valence-electron chi connectivity index (χ1n) is 6.85. The van der Waals surface area contributed by atoms with Crippen LogP contribution in [-0.4, -0.2) is 23.2 Å². The van der Waals surface area contributed by atoms with Crippen molar-refractivity contribution in [1.82, 2.24) is 14.8 Å². The number of hydrogen-bond acceptors (Lipinski definition) is 4. The SMILES string of the molecule is O=S(=O)(Nc1ncn(Cc2ccc(F)cc2Cl)n1)c1ccccc1. The largest absolute Gasteiger partial charge is 0.264 e. The molecule has 124 valence electrons. The minimum atomic E-state index is -3.75. The van der Waals surface area contributed by atoms with E-state index in [1.54, 1.807) is 18.2 Å². The van der Waals surface area contributed by atoms with Crippen LogP contribution in [0, 0.1) is 5.82 Å². The molecule has 1 N–H and O–H groups in total. The summed E-state index contributed by atoms with van der Waals surface area (Å²) < 4.78 is 41.1. The van der Waals surface area contributed by atoms with Crippen molar-refractivity contribution in [2.45, 2.75) is 11.4 Å². The van der Waals surface area contributed by atoms with E-state index in [2.05, 4.69) is 14.8 Å². The first-order valence-corrected chi connectivity index (χ1v) is 8.71. The van der Waals surface area contributed by atoms with E-state index in [0.29, 0.717) is 5.56 Å². The van der Waals surface area contributed by atoms with Crippen molar-refractivity contribution >= 4 is 27.6 Å². The minimum absolute atomic E-state index is 0.0583. The Morgan fingerprint density at radius 3 is 2.62 bits per heavy atom. The van der Waals surface area contributed by atoms with E-state index in [0.717, 1.165) is 0 Å². The van der Waals surface area contributed by atoms with Gasteiger partial charge in [0, 0.05) is 5.02 Å². The third-order valence-corrected chi connectivity index (χ3v) is 4.86. The van der Waals surface area contributed by atoms with Gasteiger partial charge in [0.2, 0.25) is 0 Å². The van der Waals surface area contributed by atoms with Gasteiger partial charge in [0.1, 0.15) is 12.1 Å². The number of nitrogens with one attached hydrogen (secondary N) is 1. The predicted molar refractivity (Wildman–Crippen MR) is 87.8 cm³/mol. The normalized spacial score (nSPS) is 11.4. The Labute approximate surface area is 143 Å². The van der Waals surface area contributed by atoms with Crippen molar-refractivity contribution < 1.29 is 12.8 Å². The molecule has 2 aromatic carbocycles. The maximum Gasteiger partial charge on any atom is 0.264 e. The quantitative estimate of drug-likeness (QED) is 0.753. The van der Waals surface area contributed by atoms with E-state index < -0.39 is 15.8 Å². The summed E-state index contributed by atoms with van der Waals surface area (Å²) in [5.41, 5.74) is 0.639. The highest BCUT2D eigenvalue weighted by Gasteiger charge is 2.16. The first-order chi connectivity index (χ1) is 11.4. The molecule has 24 heavy (non-hydrogen) atoms. The van der Waals surface area contributed by atoms with E-state index in [1.807, 2.05) is 0 Å². The van der Waals surface area contributed by atoms with Crippen LogP contribution < -0.4 is 4.72 Å². The highest BCUT2D eigenvalue weighted by atomic mass is 35.5. The van der Waals surface area contributed by atoms with Gasteiger partial charge in [-0.25, -0.2) is 22.2 Å². The molecule has 0 aliphatic rings. The van der Waals surface area contributed by atoms with Crippen LogP contribution in [0.15, 0.2) is 59.8 Å². The number of anilines is 1. The van der Waals surface area contributed by atoms with Gasteiger partial charge in [-0.1, -0.05) is 35.9 Å². The molecule has 1 heterocycles. The van der Waals surface area contributed by atoms with Crippen LogP contribution in [-0.2, 0) is 16.6 Å². The minimum Gasteiger partial charge on any atom is -0.246 e. The zero-order chi connectivity index (χ0) is 17.2. The molecule has 9 heteroatoms. The molecule has 0 radical (unpaired) electrons. The molecule has 6 nitrogen and oxygen atoms in total. The number of rotatable bonds is 5. The number of sulfonamides is 1.